The van der Waals surface area contributed by atoms with Crippen molar-refractivity contribution in [3.8, 4) is 11.5 Å². The highest BCUT2D eigenvalue weighted by Crippen LogP contribution is 2.18. The van der Waals surface area contributed by atoms with Crippen molar-refractivity contribution >= 4 is 0 Å². The van der Waals surface area contributed by atoms with E-state index in [9.17, 15) is 0 Å². The van der Waals surface area contributed by atoms with Gasteiger partial charge in [-0.25, -0.2) is 9.97 Å². The second-order valence-electron chi connectivity index (χ2n) is 2.65. The van der Waals surface area contributed by atoms with Crippen LogP contribution in [0.15, 0.2) is 16.9 Å². The molecule has 2 aromatic heterocycles. The molecule has 0 aliphatic heterocycles. The second-order valence-corrected chi connectivity index (χ2v) is 2.65. The van der Waals surface area contributed by atoms with E-state index < -0.39 is 0 Å². The lowest BCUT2D eigenvalue weighted by Gasteiger charge is -1.96. The number of hydrogen-bond acceptors (Lipinski definition) is 5. The Morgan fingerprint density at radius 2 is 2.08 bits per heavy atom. The summed E-state index contributed by atoms with van der Waals surface area (Å²) in [6.07, 6.45) is 3.15. The normalized spacial score (nSPS) is 10.3. The first-order chi connectivity index (χ1) is 6.27. The van der Waals surface area contributed by atoms with Crippen LogP contribution in [0, 0.1) is 13.8 Å². The fraction of sp³-hybridized carbons (Fsp3) is 0.250. The van der Waals surface area contributed by atoms with Crippen molar-refractivity contribution in [3.05, 3.63) is 24.1 Å². The molecule has 0 atom stereocenters. The van der Waals surface area contributed by atoms with E-state index in [-0.39, 0.29) is 0 Å². The Labute approximate surface area is 74.9 Å². The molecule has 0 N–H and O–H groups in total. The molecule has 0 fully saturated rings. The Morgan fingerprint density at radius 3 is 2.69 bits per heavy atom. The predicted octanol–water partition coefficient (Wildman–Crippen LogP) is 1.14. The van der Waals surface area contributed by atoms with Crippen LogP contribution in [0.5, 0.6) is 0 Å². The number of hydrogen-bond donors (Lipinski definition) is 0. The number of aryl methyl sites for hydroxylation is 2. The van der Waals surface area contributed by atoms with E-state index in [1.807, 2.05) is 6.92 Å². The van der Waals surface area contributed by atoms with Crippen LogP contribution in [0.4, 0.5) is 0 Å². The van der Waals surface area contributed by atoms with Gasteiger partial charge in [0, 0.05) is 13.1 Å². The molecule has 0 saturated carbocycles. The lowest BCUT2D eigenvalue weighted by Crippen LogP contribution is -1.88. The third-order valence-corrected chi connectivity index (χ3v) is 1.67. The zero-order chi connectivity index (χ0) is 9.26. The summed E-state index contributed by atoms with van der Waals surface area (Å²) in [7, 11) is 0. The van der Waals surface area contributed by atoms with Crippen molar-refractivity contribution in [2.75, 3.05) is 0 Å². The van der Waals surface area contributed by atoms with Gasteiger partial charge < -0.3 is 4.42 Å². The molecular formula is C8H8N4O. The molecule has 66 valence electrons. The molecule has 0 unspecified atom stereocenters. The Morgan fingerprint density at radius 1 is 1.23 bits per heavy atom. The highest BCUT2D eigenvalue weighted by Gasteiger charge is 2.08. The SMILES string of the molecule is Cc1nnc(-c2cncnc2C)o1. The summed E-state index contributed by atoms with van der Waals surface area (Å²) in [5, 5.41) is 7.61. The summed E-state index contributed by atoms with van der Waals surface area (Å²) in [6.45, 7) is 3.62. The number of nitrogens with zero attached hydrogens (tertiary/aromatic N) is 4. The molecule has 0 radical (unpaired) electrons. The van der Waals surface area contributed by atoms with Gasteiger partial charge in [0.2, 0.25) is 5.89 Å². The first-order valence-electron chi connectivity index (χ1n) is 3.84. The summed E-state index contributed by atoms with van der Waals surface area (Å²) in [4.78, 5) is 7.92. The van der Waals surface area contributed by atoms with Crippen LogP contribution < -0.4 is 0 Å². The maximum atomic E-state index is 5.25. The first kappa shape index (κ1) is 7.85. The molecule has 0 aliphatic carbocycles. The van der Waals surface area contributed by atoms with Crippen molar-refractivity contribution in [1.82, 2.24) is 20.2 Å². The van der Waals surface area contributed by atoms with Gasteiger partial charge in [-0.3, -0.25) is 0 Å². The number of rotatable bonds is 1. The molecule has 0 amide bonds. The molecule has 0 bridgehead atoms. The minimum Gasteiger partial charge on any atom is -0.421 e. The van der Waals surface area contributed by atoms with Crippen LogP contribution >= 0.6 is 0 Å². The maximum absolute atomic E-state index is 5.25. The van der Waals surface area contributed by atoms with Gasteiger partial charge in [-0.1, -0.05) is 0 Å². The van der Waals surface area contributed by atoms with E-state index >= 15 is 0 Å². The molecule has 0 aromatic carbocycles. The van der Waals surface area contributed by atoms with Crippen molar-refractivity contribution in [2.45, 2.75) is 13.8 Å². The highest BCUT2D eigenvalue weighted by atomic mass is 16.4. The lowest BCUT2D eigenvalue weighted by atomic mass is 10.2. The Hall–Kier alpha value is -1.78. The molecule has 5 nitrogen and oxygen atoms in total. The summed E-state index contributed by atoms with van der Waals surface area (Å²) in [6, 6.07) is 0. The van der Waals surface area contributed by atoms with Crippen molar-refractivity contribution in [1.29, 1.82) is 0 Å². The van der Waals surface area contributed by atoms with Crippen LogP contribution in [0.1, 0.15) is 11.6 Å². The average molecular weight is 176 g/mol. The van der Waals surface area contributed by atoms with E-state index in [1.54, 1.807) is 13.1 Å². The van der Waals surface area contributed by atoms with Crippen LogP contribution in [0.25, 0.3) is 11.5 Å². The van der Waals surface area contributed by atoms with Crippen LogP contribution in [-0.4, -0.2) is 20.2 Å². The average Bonchev–Trinajstić information content (AvgIpc) is 2.53. The molecule has 0 saturated heterocycles. The molecule has 2 aromatic rings. The third kappa shape index (κ3) is 1.40. The zero-order valence-electron chi connectivity index (χ0n) is 7.35. The molecule has 5 heteroatoms. The van der Waals surface area contributed by atoms with E-state index in [0.29, 0.717) is 11.8 Å². The summed E-state index contributed by atoms with van der Waals surface area (Å²) in [5.41, 5.74) is 1.61. The monoisotopic (exact) mass is 176 g/mol. The quantitative estimate of drug-likeness (QED) is 0.651. The Balaban J connectivity index is 2.52. The van der Waals surface area contributed by atoms with Crippen molar-refractivity contribution < 1.29 is 4.42 Å². The highest BCUT2D eigenvalue weighted by molar-refractivity contribution is 5.53. The molecule has 0 aliphatic rings. The second kappa shape index (κ2) is 2.93. The standard InChI is InChI=1S/C8H8N4O/c1-5-7(3-9-4-10-5)8-12-11-6(2)13-8/h3-4H,1-2H3. The minimum absolute atomic E-state index is 0.468. The number of aromatic nitrogens is 4. The summed E-state index contributed by atoms with van der Waals surface area (Å²) >= 11 is 0. The fourth-order valence-electron chi connectivity index (χ4n) is 1.01. The van der Waals surface area contributed by atoms with Crippen molar-refractivity contribution in [3.63, 3.8) is 0 Å². The van der Waals surface area contributed by atoms with E-state index in [2.05, 4.69) is 20.2 Å². The summed E-state index contributed by atoms with van der Waals surface area (Å²) in [5.74, 6) is 1.01. The van der Waals surface area contributed by atoms with E-state index in [0.717, 1.165) is 11.3 Å². The molecule has 0 spiro atoms. The lowest BCUT2D eigenvalue weighted by molar-refractivity contribution is 0.532. The summed E-state index contributed by atoms with van der Waals surface area (Å²) < 4.78 is 5.25. The van der Waals surface area contributed by atoms with E-state index in [1.165, 1.54) is 6.33 Å². The Kier molecular flexibility index (Phi) is 1.77. The molecule has 2 rings (SSSR count). The topological polar surface area (TPSA) is 64.7 Å². The van der Waals surface area contributed by atoms with Gasteiger partial charge in [-0.05, 0) is 6.92 Å². The Bertz CT molecular complexity index is 424. The van der Waals surface area contributed by atoms with Gasteiger partial charge in [0.05, 0.1) is 11.3 Å². The van der Waals surface area contributed by atoms with Crippen LogP contribution in [0.2, 0.25) is 0 Å². The molecule has 13 heavy (non-hydrogen) atoms. The zero-order valence-corrected chi connectivity index (χ0v) is 7.35. The largest absolute Gasteiger partial charge is 0.421 e. The van der Waals surface area contributed by atoms with E-state index in [4.69, 9.17) is 4.42 Å². The van der Waals surface area contributed by atoms with Crippen molar-refractivity contribution in [2.24, 2.45) is 0 Å². The smallest absolute Gasteiger partial charge is 0.251 e. The van der Waals surface area contributed by atoms with Crippen LogP contribution in [-0.2, 0) is 0 Å². The third-order valence-electron chi connectivity index (χ3n) is 1.67. The van der Waals surface area contributed by atoms with Gasteiger partial charge in [0.25, 0.3) is 5.89 Å². The van der Waals surface area contributed by atoms with Gasteiger partial charge in [-0.15, -0.1) is 10.2 Å². The molecular weight excluding hydrogens is 168 g/mol. The first-order valence-corrected chi connectivity index (χ1v) is 3.84. The maximum Gasteiger partial charge on any atom is 0.251 e. The predicted molar refractivity (Wildman–Crippen MR) is 44.8 cm³/mol. The minimum atomic E-state index is 0.468. The van der Waals surface area contributed by atoms with Crippen LogP contribution in [0.3, 0.4) is 0 Å². The van der Waals surface area contributed by atoms with Gasteiger partial charge in [0.15, 0.2) is 0 Å². The van der Waals surface area contributed by atoms with Gasteiger partial charge >= 0.3 is 0 Å². The molecule has 2 heterocycles. The van der Waals surface area contributed by atoms with Gasteiger partial charge in [0.1, 0.15) is 6.33 Å². The fourth-order valence-corrected chi connectivity index (χ4v) is 1.01. The van der Waals surface area contributed by atoms with Gasteiger partial charge in [-0.2, -0.15) is 0 Å².